The third kappa shape index (κ3) is 4.50. The summed E-state index contributed by atoms with van der Waals surface area (Å²) < 4.78 is 7.51. The molecular weight excluding hydrogens is 480 g/mol. The molecule has 5 heterocycles. The number of aromatic amines is 1. The second kappa shape index (κ2) is 9.96. The Morgan fingerprint density at radius 3 is 2.66 bits per heavy atom. The summed E-state index contributed by atoms with van der Waals surface area (Å²) in [5.74, 6) is 0.0286. The first-order chi connectivity index (χ1) is 18.4. The highest BCUT2D eigenvalue weighted by molar-refractivity contribution is 6.07. The Bertz CT molecular complexity index is 1550. The smallest absolute Gasteiger partial charge is 0.259 e. The van der Waals surface area contributed by atoms with Crippen LogP contribution in [0.15, 0.2) is 41.5 Å². The van der Waals surface area contributed by atoms with Crippen LogP contribution in [-0.2, 0) is 11.3 Å². The second-order valence-corrected chi connectivity index (χ2v) is 10.8. The van der Waals surface area contributed by atoms with Crippen molar-refractivity contribution in [1.29, 1.82) is 0 Å². The van der Waals surface area contributed by atoms with E-state index in [2.05, 4.69) is 39.0 Å². The van der Waals surface area contributed by atoms with Gasteiger partial charge in [0.2, 0.25) is 0 Å². The number of fused-ring (bicyclic) bond motifs is 3. The number of nitrogens with one attached hydrogen (secondary N) is 1. The van der Waals surface area contributed by atoms with E-state index in [1.54, 1.807) is 6.20 Å². The molecular formula is C29H34N6O3. The van der Waals surface area contributed by atoms with E-state index in [0.717, 1.165) is 59.2 Å². The van der Waals surface area contributed by atoms with Crippen molar-refractivity contribution < 1.29 is 9.53 Å². The molecule has 0 aliphatic carbocycles. The van der Waals surface area contributed by atoms with Gasteiger partial charge >= 0.3 is 0 Å². The van der Waals surface area contributed by atoms with Crippen LogP contribution in [0.25, 0.3) is 21.8 Å². The van der Waals surface area contributed by atoms with E-state index >= 15 is 0 Å². The van der Waals surface area contributed by atoms with Gasteiger partial charge in [-0.15, -0.1) is 0 Å². The molecule has 198 valence electrons. The maximum Gasteiger partial charge on any atom is 0.259 e. The van der Waals surface area contributed by atoms with E-state index in [9.17, 15) is 9.59 Å². The number of pyridine rings is 2. The normalized spacial score (nSPS) is 19.4. The molecule has 1 aromatic carbocycles. The average molecular weight is 515 g/mol. The minimum Gasteiger partial charge on any atom is -0.381 e. The molecule has 2 saturated heterocycles. The molecule has 0 bridgehead atoms. The van der Waals surface area contributed by atoms with Gasteiger partial charge in [-0.2, -0.15) is 5.10 Å². The van der Waals surface area contributed by atoms with Gasteiger partial charge in [-0.05, 0) is 62.9 Å². The van der Waals surface area contributed by atoms with Crippen LogP contribution < -0.4 is 5.56 Å². The summed E-state index contributed by atoms with van der Waals surface area (Å²) in [4.78, 5) is 38.6. The van der Waals surface area contributed by atoms with E-state index in [4.69, 9.17) is 4.74 Å². The minimum atomic E-state index is -0.155. The zero-order valence-corrected chi connectivity index (χ0v) is 22.2. The van der Waals surface area contributed by atoms with E-state index in [1.807, 2.05) is 41.8 Å². The zero-order valence-electron chi connectivity index (χ0n) is 22.2. The van der Waals surface area contributed by atoms with Gasteiger partial charge < -0.3 is 14.6 Å². The van der Waals surface area contributed by atoms with Crippen molar-refractivity contribution in [3.05, 3.63) is 69.4 Å². The van der Waals surface area contributed by atoms with Gasteiger partial charge in [0.15, 0.2) is 0 Å². The molecule has 1 atom stereocenters. The van der Waals surface area contributed by atoms with Gasteiger partial charge in [-0.1, -0.05) is 6.07 Å². The molecule has 1 amide bonds. The van der Waals surface area contributed by atoms with Gasteiger partial charge in [-0.3, -0.25) is 24.2 Å². The summed E-state index contributed by atoms with van der Waals surface area (Å²) in [7, 11) is 0. The number of H-pyrrole nitrogens is 1. The average Bonchev–Trinajstić information content (AvgIpc) is 3.37. The van der Waals surface area contributed by atoms with Crippen molar-refractivity contribution >= 4 is 27.7 Å². The standard InChI is InChI=1S/C29H34N6O3/c1-18-4-5-21(30-14-18)17-33-8-9-34(16-20(33)3)29(37)23-13-24-26(12-19(23)2)32-28(36)25-15-31-35(27(24)25)22-6-10-38-11-7-22/h4-5,12-15,20,22H,6-11,16-17H2,1-3H3,(H,32,36)/t20-/m0/s1. The highest BCUT2D eigenvalue weighted by Gasteiger charge is 2.29. The number of hydrogen-bond acceptors (Lipinski definition) is 6. The molecule has 4 aromatic rings. The van der Waals surface area contributed by atoms with Crippen LogP contribution in [-0.4, -0.2) is 74.3 Å². The SMILES string of the molecule is Cc1ccc(CN2CCN(C(=O)c3cc4c(cc3C)[nH]c(=O)c3cnn(C5CCOCC5)c34)C[C@@H]2C)nc1. The Labute approximate surface area is 221 Å². The summed E-state index contributed by atoms with van der Waals surface area (Å²) in [6.07, 6.45) is 5.25. The summed E-state index contributed by atoms with van der Waals surface area (Å²) >= 11 is 0. The lowest BCUT2D eigenvalue weighted by Crippen LogP contribution is -2.53. The predicted molar refractivity (Wildman–Crippen MR) is 146 cm³/mol. The predicted octanol–water partition coefficient (Wildman–Crippen LogP) is 3.59. The molecule has 3 aromatic heterocycles. The van der Waals surface area contributed by atoms with Crippen molar-refractivity contribution in [1.82, 2.24) is 29.5 Å². The Hall–Kier alpha value is -3.56. The van der Waals surface area contributed by atoms with Gasteiger partial charge in [0.05, 0.1) is 34.4 Å². The monoisotopic (exact) mass is 514 g/mol. The lowest BCUT2D eigenvalue weighted by atomic mass is 10.0. The van der Waals surface area contributed by atoms with Crippen molar-refractivity contribution in [2.75, 3.05) is 32.8 Å². The Kier molecular flexibility index (Phi) is 6.49. The highest BCUT2D eigenvalue weighted by atomic mass is 16.5. The molecule has 6 rings (SSSR count). The Morgan fingerprint density at radius 1 is 1.11 bits per heavy atom. The maximum absolute atomic E-state index is 13.8. The summed E-state index contributed by atoms with van der Waals surface area (Å²) in [6, 6.07) is 8.43. The first-order valence-corrected chi connectivity index (χ1v) is 13.5. The quantitative estimate of drug-likeness (QED) is 0.447. The molecule has 0 saturated carbocycles. The van der Waals surface area contributed by atoms with Gasteiger partial charge in [0, 0.05) is 62.6 Å². The number of piperazine rings is 1. The van der Waals surface area contributed by atoms with Crippen LogP contribution in [0.1, 0.15) is 53.0 Å². The number of hydrogen-bond donors (Lipinski definition) is 1. The Balaban J connectivity index is 1.30. The van der Waals surface area contributed by atoms with Gasteiger partial charge in [0.25, 0.3) is 11.5 Å². The molecule has 9 heteroatoms. The van der Waals surface area contributed by atoms with E-state index in [0.29, 0.717) is 37.3 Å². The number of benzene rings is 1. The van der Waals surface area contributed by atoms with Crippen LogP contribution in [0.3, 0.4) is 0 Å². The van der Waals surface area contributed by atoms with Crippen molar-refractivity contribution in [3.63, 3.8) is 0 Å². The molecule has 0 unspecified atom stereocenters. The lowest BCUT2D eigenvalue weighted by molar-refractivity contribution is 0.0491. The van der Waals surface area contributed by atoms with Crippen LogP contribution in [0.4, 0.5) is 0 Å². The third-order valence-corrected chi connectivity index (χ3v) is 8.07. The summed E-state index contributed by atoms with van der Waals surface area (Å²) in [6.45, 7) is 10.4. The van der Waals surface area contributed by atoms with E-state index < -0.39 is 0 Å². The fourth-order valence-electron chi connectivity index (χ4n) is 5.82. The molecule has 2 aliphatic rings. The molecule has 2 fully saturated rings. The number of rotatable bonds is 4. The van der Waals surface area contributed by atoms with Crippen LogP contribution in [0.5, 0.6) is 0 Å². The van der Waals surface area contributed by atoms with Crippen LogP contribution >= 0.6 is 0 Å². The number of nitrogens with zero attached hydrogens (tertiary/aromatic N) is 5. The minimum absolute atomic E-state index is 0.0286. The fourth-order valence-corrected chi connectivity index (χ4v) is 5.82. The number of ether oxygens (including phenoxy) is 1. The van der Waals surface area contributed by atoms with Crippen LogP contribution in [0, 0.1) is 13.8 Å². The van der Waals surface area contributed by atoms with Gasteiger partial charge in [0.1, 0.15) is 0 Å². The van der Waals surface area contributed by atoms with Crippen molar-refractivity contribution in [2.45, 2.75) is 52.2 Å². The summed E-state index contributed by atoms with van der Waals surface area (Å²) in [5, 5.41) is 6.02. The second-order valence-electron chi connectivity index (χ2n) is 10.8. The zero-order chi connectivity index (χ0) is 26.4. The third-order valence-electron chi connectivity index (χ3n) is 8.07. The molecule has 9 nitrogen and oxygen atoms in total. The number of amides is 1. The topological polar surface area (TPSA) is 96.4 Å². The van der Waals surface area contributed by atoms with Gasteiger partial charge in [-0.25, -0.2) is 0 Å². The molecule has 2 aliphatic heterocycles. The van der Waals surface area contributed by atoms with Crippen molar-refractivity contribution in [2.24, 2.45) is 0 Å². The largest absolute Gasteiger partial charge is 0.381 e. The van der Waals surface area contributed by atoms with E-state index in [-0.39, 0.29) is 23.6 Å². The Morgan fingerprint density at radius 2 is 1.92 bits per heavy atom. The maximum atomic E-state index is 13.8. The van der Waals surface area contributed by atoms with E-state index in [1.165, 1.54) is 0 Å². The number of carbonyl (C=O) groups is 1. The first kappa shape index (κ1) is 24.8. The van der Waals surface area contributed by atoms with Crippen LogP contribution in [0.2, 0.25) is 0 Å². The molecule has 38 heavy (non-hydrogen) atoms. The first-order valence-electron chi connectivity index (χ1n) is 13.5. The molecule has 1 N–H and O–H groups in total. The number of aromatic nitrogens is 4. The van der Waals surface area contributed by atoms with Crippen molar-refractivity contribution in [3.8, 4) is 0 Å². The fraction of sp³-hybridized carbons (Fsp3) is 0.448. The summed E-state index contributed by atoms with van der Waals surface area (Å²) in [5.41, 5.74) is 5.10. The highest BCUT2D eigenvalue weighted by Crippen LogP contribution is 2.30. The number of carbonyl (C=O) groups excluding carboxylic acids is 1. The lowest BCUT2D eigenvalue weighted by Gasteiger charge is -2.40. The number of aryl methyl sites for hydroxylation is 2. The molecule has 0 radical (unpaired) electrons. The molecule has 0 spiro atoms.